The molecule has 0 bridgehead atoms. The molecule has 0 saturated carbocycles. The minimum absolute atomic E-state index is 0.223. The Morgan fingerprint density at radius 1 is 0.481 bits per heavy atom. The molecule has 4 heteroatoms. The number of phenolic OH excluding ortho intramolecular Hbond substituents is 1. The first-order valence-corrected chi connectivity index (χ1v) is 18.4. The van der Waals surface area contributed by atoms with E-state index in [-0.39, 0.29) is 11.2 Å². The molecule has 6 aromatic carbocycles. The standard InChI is InChI=1S/C50H39N3O/c1-50(2,3)43-25-14-24-42(49(43)54)46-32-37(33-15-6-4-7-16-33)31-45(52-46)36-18-12-17-35(29-36)44-30-34(27-28-51-44)39-22-13-23-41-40-21-10-11-26-47(40)53(48(39)41)38-19-8-5-9-20-38/h4-32,54H,1-3H3. The summed E-state index contributed by atoms with van der Waals surface area (Å²) in [7, 11) is 0. The van der Waals surface area contributed by atoms with Gasteiger partial charge in [0.25, 0.3) is 0 Å². The van der Waals surface area contributed by atoms with Gasteiger partial charge in [-0.2, -0.15) is 0 Å². The number of phenols is 1. The van der Waals surface area contributed by atoms with Gasteiger partial charge in [-0.3, -0.25) is 4.98 Å². The number of fused-ring (bicyclic) bond motifs is 3. The Balaban J connectivity index is 1.17. The maximum atomic E-state index is 11.6. The van der Waals surface area contributed by atoms with Crippen molar-refractivity contribution >= 4 is 21.8 Å². The van der Waals surface area contributed by atoms with Gasteiger partial charge in [0.2, 0.25) is 0 Å². The predicted octanol–water partition coefficient (Wildman–Crippen LogP) is 12.9. The topological polar surface area (TPSA) is 50.9 Å². The Labute approximate surface area is 315 Å². The van der Waals surface area contributed by atoms with Crippen molar-refractivity contribution in [2.24, 2.45) is 0 Å². The molecule has 0 aliphatic carbocycles. The zero-order valence-electron chi connectivity index (χ0n) is 30.5. The van der Waals surface area contributed by atoms with E-state index in [0.29, 0.717) is 5.56 Å². The zero-order chi connectivity index (χ0) is 36.8. The van der Waals surface area contributed by atoms with Gasteiger partial charge in [0.05, 0.1) is 28.1 Å². The first-order valence-electron chi connectivity index (χ1n) is 18.4. The molecule has 0 fully saturated rings. The number of hydrogen-bond acceptors (Lipinski definition) is 3. The SMILES string of the molecule is CC(C)(C)c1cccc(-c2cc(-c3ccccc3)cc(-c3cccc(-c4cc(-c5cccc6c7ccccc7n(-c7ccccc7)c56)ccn4)c3)n2)c1O. The van der Waals surface area contributed by atoms with E-state index in [1.54, 1.807) is 0 Å². The van der Waals surface area contributed by atoms with Crippen LogP contribution >= 0.6 is 0 Å². The second-order valence-electron chi connectivity index (χ2n) is 14.8. The van der Waals surface area contributed by atoms with Crippen molar-refractivity contribution in [1.82, 2.24) is 14.5 Å². The summed E-state index contributed by atoms with van der Waals surface area (Å²) in [5.41, 5.74) is 13.6. The van der Waals surface area contributed by atoms with Crippen molar-refractivity contribution < 1.29 is 5.11 Å². The van der Waals surface area contributed by atoms with Gasteiger partial charge in [-0.25, -0.2) is 4.98 Å². The molecule has 0 aliphatic rings. The molecule has 3 heterocycles. The van der Waals surface area contributed by atoms with E-state index in [1.807, 2.05) is 42.6 Å². The number of para-hydroxylation sites is 4. The molecule has 9 aromatic rings. The average molecular weight is 698 g/mol. The third-order valence-electron chi connectivity index (χ3n) is 10.3. The van der Waals surface area contributed by atoms with Gasteiger partial charge in [0.1, 0.15) is 5.75 Å². The lowest BCUT2D eigenvalue weighted by molar-refractivity contribution is 0.448. The highest BCUT2D eigenvalue weighted by molar-refractivity contribution is 6.13. The van der Waals surface area contributed by atoms with E-state index >= 15 is 0 Å². The largest absolute Gasteiger partial charge is 0.507 e. The van der Waals surface area contributed by atoms with Crippen LogP contribution in [0.15, 0.2) is 176 Å². The summed E-state index contributed by atoms with van der Waals surface area (Å²) in [4.78, 5) is 10.1. The molecule has 260 valence electrons. The average Bonchev–Trinajstić information content (AvgIpc) is 3.56. The normalized spacial score (nSPS) is 11.7. The van der Waals surface area contributed by atoms with Gasteiger partial charge in [0, 0.05) is 44.9 Å². The molecule has 0 unspecified atom stereocenters. The number of rotatable bonds is 6. The smallest absolute Gasteiger partial charge is 0.128 e. The zero-order valence-corrected chi connectivity index (χ0v) is 30.5. The van der Waals surface area contributed by atoms with Crippen molar-refractivity contribution in [2.75, 3.05) is 0 Å². The van der Waals surface area contributed by atoms with Gasteiger partial charge in [-0.05, 0) is 82.3 Å². The fraction of sp³-hybridized carbons (Fsp3) is 0.0800. The molecular formula is C50H39N3O. The molecule has 3 aromatic heterocycles. The minimum Gasteiger partial charge on any atom is -0.507 e. The van der Waals surface area contributed by atoms with Crippen LogP contribution in [0.1, 0.15) is 26.3 Å². The number of hydrogen-bond donors (Lipinski definition) is 1. The lowest BCUT2D eigenvalue weighted by Gasteiger charge is -2.22. The molecule has 0 aliphatic heterocycles. The molecule has 0 spiro atoms. The molecule has 1 N–H and O–H groups in total. The summed E-state index contributed by atoms with van der Waals surface area (Å²) in [6, 6.07) is 59.0. The number of pyridine rings is 2. The quantitative estimate of drug-likeness (QED) is 0.188. The number of aromatic nitrogens is 3. The van der Waals surface area contributed by atoms with Crippen LogP contribution in [-0.2, 0) is 5.41 Å². The van der Waals surface area contributed by atoms with Crippen LogP contribution < -0.4 is 0 Å². The van der Waals surface area contributed by atoms with Crippen LogP contribution in [-0.4, -0.2) is 19.6 Å². The third-order valence-corrected chi connectivity index (χ3v) is 10.3. The van der Waals surface area contributed by atoms with Crippen molar-refractivity contribution in [1.29, 1.82) is 0 Å². The Hall–Kier alpha value is -6.78. The fourth-order valence-electron chi connectivity index (χ4n) is 7.66. The van der Waals surface area contributed by atoms with Gasteiger partial charge in [-0.1, -0.05) is 136 Å². The van der Waals surface area contributed by atoms with Crippen molar-refractivity contribution in [3.8, 4) is 67.5 Å². The summed E-state index contributed by atoms with van der Waals surface area (Å²) in [5, 5.41) is 14.0. The number of aromatic hydroxyl groups is 1. The van der Waals surface area contributed by atoms with E-state index in [0.717, 1.165) is 61.7 Å². The van der Waals surface area contributed by atoms with Crippen molar-refractivity contribution in [2.45, 2.75) is 26.2 Å². The maximum absolute atomic E-state index is 11.6. The fourth-order valence-corrected chi connectivity index (χ4v) is 7.66. The Kier molecular flexibility index (Phi) is 8.16. The predicted molar refractivity (Wildman–Crippen MR) is 224 cm³/mol. The van der Waals surface area contributed by atoms with Crippen LogP contribution in [0.4, 0.5) is 0 Å². The lowest BCUT2D eigenvalue weighted by atomic mass is 9.84. The molecule has 0 amide bonds. The minimum atomic E-state index is -0.223. The molecule has 0 saturated heterocycles. The summed E-state index contributed by atoms with van der Waals surface area (Å²) >= 11 is 0. The summed E-state index contributed by atoms with van der Waals surface area (Å²) in [6.45, 7) is 6.34. The maximum Gasteiger partial charge on any atom is 0.128 e. The van der Waals surface area contributed by atoms with Crippen molar-refractivity contribution in [3.63, 3.8) is 0 Å². The van der Waals surface area contributed by atoms with Gasteiger partial charge >= 0.3 is 0 Å². The van der Waals surface area contributed by atoms with Gasteiger partial charge in [0.15, 0.2) is 0 Å². The summed E-state index contributed by atoms with van der Waals surface area (Å²) in [6.07, 6.45) is 1.91. The van der Waals surface area contributed by atoms with E-state index in [4.69, 9.17) is 9.97 Å². The summed E-state index contributed by atoms with van der Waals surface area (Å²) < 4.78 is 2.37. The highest BCUT2D eigenvalue weighted by Crippen LogP contribution is 2.41. The van der Waals surface area contributed by atoms with Gasteiger partial charge < -0.3 is 9.67 Å². The van der Waals surface area contributed by atoms with E-state index < -0.39 is 0 Å². The molecule has 9 rings (SSSR count). The third kappa shape index (κ3) is 5.92. The Morgan fingerprint density at radius 3 is 1.89 bits per heavy atom. The van der Waals surface area contributed by atoms with Crippen LogP contribution in [0, 0.1) is 0 Å². The molecule has 4 nitrogen and oxygen atoms in total. The van der Waals surface area contributed by atoms with Crippen LogP contribution in [0.3, 0.4) is 0 Å². The summed E-state index contributed by atoms with van der Waals surface area (Å²) in [5.74, 6) is 0.268. The molecule has 0 atom stereocenters. The molecular weight excluding hydrogens is 659 g/mol. The highest BCUT2D eigenvalue weighted by atomic mass is 16.3. The first-order chi connectivity index (χ1) is 26.3. The second kappa shape index (κ2) is 13.3. The lowest BCUT2D eigenvalue weighted by Crippen LogP contribution is -2.11. The molecule has 54 heavy (non-hydrogen) atoms. The first kappa shape index (κ1) is 33.1. The number of benzene rings is 6. The monoisotopic (exact) mass is 697 g/mol. The van der Waals surface area contributed by atoms with Crippen LogP contribution in [0.5, 0.6) is 5.75 Å². The Bertz CT molecular complexity index is 2810. The van der Waals surface area contributed by atoms with Crippen molar-refractivity contribution in [3.05, 3.63) is 182 Å². The van der Waals surface area contributed by atoms with E-state index in [2.05, 4.69) is 159 Å². The second-order valence-corrected chi connectivity index (χ2v) is 14.8. The van der Waals surface area contributed by atoms with Crippen LogP contribution in [0.25, 0.3) is 83.5 Å². The Morgan fingerprint density at radius 2 is 1.09 bits per heavy atom. The highest BCUT2D eigenvalue weighted by Gasteiger charge is 2.22. The number of nitrogens with zero attached hydrogens (tertiary/aromatic N) is 3. The molecule has 0 radical (unpaired) electrons. The van der Waals surface area contributed by atoms with Gasteiger partial charge in [-0.15, -0.1) is 0 Å². The van der Waals surface area contributed by atoms with E-state index in [9.17, 15) is 5.11 Å². The van der Waals surface area contributed by atoms with Crippen LogP contribution in [0.2, 0.25) is 0 Å². The van der Waals surface area contributed by atoms with E-state index in [1.165, 1.54) is 21.8 Å².